The van der Waals surface area contributed by atoms with E-state index in [1.54, 1.807) is 4.90 Å². The minimum absolute atomic E-state index is 0.125. The number of hydrogen-bond acceptors (Lipinski definition) is 3. The number of nitrogens with one attached hydrogen (secondary N) is 1. The Labute approximate surface area is 120 Å². The van der Waals surface area contributed by atoms with Crippen molar-refractivity contribution in [2.24, 2.45) is 0 Å². The topological polar surface area (TPSA) is 69.7 Å². The van der Waals surface area contributed by atoms with Crippen LogP contribution in [0.2, 0.25) is 0 Å². The molecule has 1 aromatic rings. The summed E-state index contributed by atoms with van der Waals surface area (Å²) in [5.41, 5.74) is 1.81. The Morgan fingerprint density at radius 3 is 2.45 bits per heavy atom. The van der Waals surface area contributed by atoms with Gasteiger partial charge in [-0.05, 0) is 24.6 Å². The van der Waals surface area contributed by atoms with Crippen LogP contribution in [0.25, 0.3) is 0 Å². The molecule has 6 nitrogen and oxygen atoms in total. The van der Waals surface area contributed by atoms with Crippen molar-refractivity contribution >= 4 is 21.8 Å². The number of anilines is 1. The van der Waals surface area contributed by atoms with Crippen molar-refractivity contribution in [3.8, 4) is 0 Å². The summed E-state index contributed by atoms with van der Waals surface area (Å²) in [6.07, 6.45) is 0. The minimum Gasteiger partial charge on any atom is -0.311 e. The molecule has 1 aromatic carbocycles. The maximum atomic E-state index is 11.7. The third-order valence-electron chi connectivity index (χ3n) is 2.79. The van der Waals surface area contributed by atoms with Gasteiger partial charge in [0.15, 0.2) is 0 Å². The zero-order chi connectivity index (χ0) is 15.3. The first-order valence-corrected chi connectivity index (χ1v) is 7.70. The molecule has 0 aromatic heterocycles. The van der Waals surface area contributed by atoms with Crippen LogP contribution in [0.15, 0.2) is 24.3 Å². The molecule has 0 bridgehead atoms. The average molecular weight is 299 g/mol. The molecule has 0 saturated carbocycles. The number of rotatable bonds is 6. The second kappa shape index (κ2) is 6.83. The fourth-order valence-corrected chi connectivity index (χ4v) is 2.29. The van der Waals surface area contributed by atoms with Gasteiger partial charge < -0.3 is 4.90 Å². The van der Waals surface area contributed by atoms with E-state index in [4.69, 9.17) is 0 Å². The summed E-state index contributed by atoms with van der Waals surface area (Å²) in [4.78, 5) is 13.2. The van der Waals surface area contributed by atoms with Gasteiger partial charge in [0.25, 0.3) is 10.2 Å². The average Bonchev–Trinajstić information content (AvgIpc) is 2.33. The van der Waals surface area contributed by atoms with E-state index in [0.29, 0.717) is 0 Å². The third-order valence-corrected chi connectivity index (χ3v) is 4.32. The van der Waals surface area contributed by atoms with Gasteiger partial charge in [-0.1, -0.05) is 12.1 Å². The second-order valence-corrected chi connectivity index (χ2v) is 6.66. The van der Waals surface area contributed by atoms with Gasteiger partial charge >= 0.3 is 0 Å². The van der Waals surface area contributed by atoms with E-state index >= 15 is 0 Å². The molecule has 0 heterocycles. The SMILES string of the molecule is CC(=O)N(CCNS(=O)(=O)N(C)C)c1cccc(C)c1. The quantitative estimate of drug-likeness (QED) is 0.842. The van der Waals surface area contributed by atoms with Crippen molar-refractivity contribution in [1.82, 2.24) is 9.03 Å². The van der Waals surface area contributed by atoms with Crippen LogP contribution in [0.1, 0.15) is 12.5 Å². The normalized spacial score (nSPS) is 11.7. The Bertz CT molecular complexity index is 570. The molecule has 0 aliphatic carbocycles. The number of carbonyl (C=O) groups is 1. The predicted molar refractivity (Wildman–Crippen MR) is 79.8 cm³/mol. The fraction of sp³-hybridized carbons (Fsp3) is 0.462. The van der Waals surface area contributed by atoms with Crippen LogP contribution >= 0.6 is 0 Å². The van der Waals surface area contributed by atoms with Crippen LogP contribution in [0, 0.1) is 6.92 Å². The molecular formula is C13H21N3O3S. The first-order valence-electron chi connectivity index (χ1n) is 6.26. The summed E-state index contributed by atoms with van der Waals surface area (Å²) in [5.74, 6) is -0.125. The van der Waals surface area contributed by atoms with Crippen LogP contribution in [-0.4, -0.2) is 45.8 Å². The summed E-state index contributed by atoms with van der Waals surface area (Å²) in [6, 6.07) is 7.53. The molecule has 0 saturated heterocycles. The van der Waals surface area contributed by atoms with Crippen molar-refractivity contribution in [2.45, 2.75) is 13.8 Å². The number of benzene rings is 1. The number of amides is 1. The number of aryl methyl sites for hydroxylation is 1. The molecular weight excluding hydrogens is 278 g/mol. The molecule has 0 aliphatic heterocycles. The predicted octanol–water partition coefficient (Wildman–Crippen LogP) is 0.744. The van der Waals surface area contributed by atoms with Crippen LogP contribution in [0.4, 0.5) is 5.69 Å². The van der Waals surface area contributed by atoms with Crippen molar-refractivity contribution < 1.29 is 13.2 Å². The zero-order valence-electron chi connectivity index (χ0n) is 12.3. The van der Waals surface area contributed by atoms with Crippen LogP contribution in [0.5, 0.6) is 0 Å². The number of nitrogens with zero attached hydrogens (tertiary/aromatic N) is 2. The van der Waals surface area contributed by atoms with Crippen LogP contribution < -0.4 is 9.62 Å². The Hall–Kier alpha value is -1.44. The molecule has 0 fully saturated rings. The molecule has 7 heteroatoms. The summed E-state index contributed by atoms with van der Waals surface area (Å²) < 4.78 is 26.7. The number of hydrogen-bond donors (Lipinski definition) is 1. The lowest BCUT2D eigenvalue weighted by molar-refractivity contribution is -0.116. The van der Waals surface area contributed by atoms with E-state index in [2.05, 4.69) is 4.72 Å². The standard InChI is InChI=1S/C13H21N3O3S/c1-11-6-5-7-13(10-11)16(12(2)17)9-8-14-20(18,19)15(3)4/h5-7,10,14H,8-9H2,1-4H3. The molecule has 1 amide bonds. The molecule has 0 atom stereocenters. The highest BCUT2D eigenvalue weighted by atomic mass is 32.2. The lowest BCUT2D eigenvalue weighted by Gasteiger charge is -2.22. The highest BCUT2D eigenvalue weighted by Gasteiger charge is 2.15. The molecule has 0 aliphatic rings. The van der Waals surface area contributed by atoms with Gasteiger partial charge in [0, 0.05) is 39.8 Å². The van der Waals surface area contributed by atoms with E-state index in [0.717, 1.165) is 15.6 Å². The highest BCUT2D eigenvalue weighted by molar-refractivity contribution is 7.87. The number of carbonyl (C=O) groups excluding carboxylic acids is 1. The van der Waals surface area contributed by atoms with Gasteiger partial charge in [-0.15, -0.1) is 0 Å². The maximum absolute atomic E-state index is 11.7. The van der Waals surface area contributed by atoms with Crippen molar-refractivity contribution in [1.29, 1.82) is 0 Å². The second-order valence-electron chi connectivity index (χ2n) is 4.69. The summed E-state index contributed by atoms with van der Waals surface area (Å²) >= 11 is 0. The van der Waals surface area contributed by atoms with Gasteiger partial charge in [-0.3, -0.25) is 4.79 Å². The molecule has 0 spiro atoms. The fourth-order valence-electron chi connectivity index (χ4n) is 1.68. The Morgan fingerprint density at radius 2 is 1.95 bits per heavy atom. The molecule has 1 N–H and O–H groups in total. The van der Waals surface area contributed by atoms with Gasteiger partial charge in [0.05, 0.1) is 0 Å². The Morgan fingerprint density at radius 1 is 1.30 bits per heavy atom. The molecule has 0 unspecified atom stereocenters. The molecule has 20 heavy (non-hydrogen) atoms. The summed E-state index contributed by atoms with van der Waals surface area (Å²) in [7, 11) is -0.564. The largest absolute Gasteiger partial charge is 0.311 e. The molecule has 112 valence electrons. The summed E-state index contributed by atoms with van der Waals surface area (Å²) in [5, 5.41) is 0. The highest BCUT2D eigenvalue weighted by Crippen LogP contribution is 2.15. The van der Waals surface area contributed by atoms with Crippen molar-refractivity contribution in [2.75, 3.05) is 32.1 Å². The van der Waals surface area contributed by atoms with E-state index < -0.39 is 10.2 Å². The van der Waals surface area contributed by atoms with Crippen molar-refractivity contribution in [3.05, 3.63) is 29.8 Å². The van der Waals surface area contributed by atoms with Crippen LogP contribution in [0.3, 0.4) is 0 Å². The minimum atomic E-state index is -3.46. The van der Waals surface area contributed by atoms with E-state index in [-0.39, 0.29) is 19.0 Å². The first kappa shape index (κ1) is 16.6. The van der Waals surface area contributed by atoms with Crippen LogP contribution in [-0.2, 0) is 15.0 Å². The lowest BCUT2D eigenvalue weighted by atomic mass is 10.2. The summed E-state index contributed by atoms with van der Waals surface area (Å²) in [6.45, 7) is 3.85. The van der Waals surface area contributed by atoms with Gasteiger partial charge in [0.1, 0.15) is 0 Å². The van der Waals surface area contributed by atoms with E-state index in [9.17, 15) is 13.2 Å². The van der Waals surface area contributed by atoms with E-state index in [1.165, 1.54) is 21.0 Å². The lowest BCUT2D eigenvalue weighted by Crippen LogP contribution is -2.41. The first-order chi connectivity index (χ1) is 9.24. The zero-order valence-corrected chi connectivity index (χ0v) is 13.1. The molecule has 1 rings (SSSR count). The smallest absolute Gasteiger partial charge is 0.278 e. The van der Waals surface area contributed by atoms with Gasteiger partial charge in [-0.25, -0.2) is 4.72 Å². The van der Waals surface area contributed by atoms with Gasteiger partial charge in [0.2, 0.25) is 5.91 Å². The Kier molecular flexibility index (Phi) is 5.67. The maximum Gasteiger partial charge on any atom is 0.278 e. The monoisotopic (exact) mass is 299 g/mol. The van der Waals surface area contributed by atoms with E-state index in [1.807, 2.05) is 31.2 Å². The third kappa shape index (κ3) is 4.59. The van der Waals surface area contributed by atoms with Crippen molar-refractivity contribution in [3.63, 3.8) is 0 Å². The Balaban J connectivity index is 2.73. The van der Waals surface area contributed by atoms with Gasteiger partial charge in [-0.2, -0.15) is 12.7 Å². The molecule has 0 radical (unpaired) electrons.